The number of aromatic nitrogens is 4. The third-order valence-electron chi connectivity index (χ3n) is 8.32. The molecule has 17 heteroatoms. The molecule has 0 aliphatic carbocycles. The molecular formula is C31H36F2N8O5S2. The third-order valence-corrected chi connectivity index (χ3v) is 11.7. The van der Waals surface area contributed by atoms with Gasteiger partial charge in [0.2, 0.25) is 11.6 Å². The quantitative estimate of drug-likeness (QED) is 0.109. The van der Waals surface area contributed by atoms with Gasteiger partial charge in [-0.3, -0.25) is 15.2 Å². The third kappa shape index (κ3) is 6.79. The Labute approximate surface area is 281 Å². The van der Waals surface area contributed by atoms with Crippen molar-refractivity contribution in [3.63, 3.8) is 0 Å². The fourth-order valence-electron chi connectivity index (χ4n) is 5.52. The number of anilines is 3. The van der Waals surface area contributed by atoms with Crippen LogP contribution in [0.25, 0.3) is 0 Å². The summed E-state index contributed by atoms with van der Waals surface area (Å²) in [5, 5.41) is 21.7. The van der Waals surface area contributed by atoms with Crippen molar-refractivity contribution >= 4 is 44.7 Å². The molecule has 256 valence electrons. The summed E-state index contributed by atoms with van der Waals surface area (Å²) in [6.07, 6.45) is 1.93. The normalized spacial score (nSPS) is 15.5. The number of aromatic amines is 1. The van der Waals surface area contributed by atoms with Crippen molar-refractivity contribution in [3.8, 4) is 5.75 Å². The van der Waals surface area contributed by atoms with Crippen LogP contribution < -0.4 is 15.0 Å². The molecule has 1 saturated heterocycles. The van der Waals surface area contributed by atoms with E-state index in [0.29, 0.717) is 36.3 Å². The number of hydrogen-bond donors (Lipinski definition) is 2. The van der Waals surface area contributed by atoms with E-state index in [1.54, 1.807) is 6.07 Å². The number of ether oxygens (including phenoxy) is 1. The van der Waals surface area contributed by atoms with Crippen molar-refractivity contribution in [1.82, 2.24) is 25.1 Å². The maximum Gasteiger partial charge on any atom is 0.305 e. The molecule has 3 heterocycles. The first-order valence-electron chi connectivity index (χ1n) is 15.0. The summed E-state index contributed by atoms with van der Waals surface area (Å²) < 4.78 is 62.1. The number of nitro groups is 1. The Morgan fingerprint density at radius 2 is 1.94 bits per heavy atom. The summed E-state index contributed by atoms with van der Waals surface area (Å²) in [6.45, 7) is 5.67. The van der Waals surface area contributed by atoms with Crippen LogP contribution in [0.15, 0.2) is 57.4 Å². The van der Waals surface area contributed by atoms with Gasteiger partial charge in [-0.05, 0) is 77.7 Å². The van der Waals surface area contributed by atoms with Crippen LogP contribution in [0.5, 0.6) is 5.75 Å². The number of nitrogens with one attached hydrogen (secondary N) is 2. The lowest BCUT2D eigenvalue weighted by atomic mass is 10.0. The number of benzene rings is 2. The van der Waals surface area contributed by atoms with Gasteiger partial charge < -0.3 is 19.9 Å². The zero-order valence-corrected chi connectivity index (χ0v) is 28.9. The van der Waals surface area contributed by atoms with Crippen LogP contribution in [0.1, 0.15) is 37.9 Å². The maximum atomic E-state index is 15.7. The molecule has 0 amide bonds. The summed E-state index contributed by atoms with van der Waals surface area (Å²) in [6, 6.07) is 8.71. The molecule has 1 aliphatic heterocycles. The predicted octanol–water partition coefficient (Wildman–Crippen LogP) is 5.84. The van der Waals surface area contributed by atoms with E-state index >= 15 is 8.78 Å². The van der Waals surface area contributed by atoms with Gasteiger partial charge in [-0.15, -0.1) is 0 Å². The number of likely N-dealkylation sites (N-methyl/N-ethyl adjacent to an activating group) is 1. The van der Waals surface area contributed by atoms with Crippen molar-refractivity contribution in [1.29, 1.82) is 0 Å². The van der Waals surface area contributed by atoms with Crippen molar-refractivity contribution < 1.29 is 26.9 Å². The number of halogens is 2. The van der Waals surface area contributed by atoms with Gasteiger partial charge in [-0.1, -0.05) is 12.1 Å². The van der Waals surface area contributed by atoms with E-state index in [1.165, 1.54) is 39.2 Å². The molecule has 0 saturated carbocycles. The summed E-state index contributed by atoms with van der Waals surface area (Å²) >= 11 is 0.892. The molecule has 2 aromatic carbocycles. The summed E-state index contributed by atoms with van der Waals surface area (Å²) in [4.78, 5) is 23.6. The van der Waals surface area contributed by atoms with Crippen LogP contribution in [0.4, 0.5) is 31.9 Å². The van der Waals surface area contributed by atoms with Crippen LogP contribution >= 0.6 is 11.8 Å². The van der Waals surface area contributed by atoms with Crippen molar-refractivity contribution in [2.24, 2.45) is 0 Å². The van der Waals surface area contributed by atoms with Crippen molar-refractivity contribution in [2.75, 3.05) is 44.5 Å². The number of nitro benzene ring substituents is 1. The standard InChI is InChI=1S/C31H36F2N8O5S2/c1-18-15-25(38-37-18)34-28-27(46-6)29(40-14-8-9-19(17-40)39(4)5)36-30(35-28)47-24-13-12-20(16-22(24)32)48(44,45)31(2,3)21-10-7-11-23(26(21)33)41(42)43/h7,10-13,15-16,19H,8-9,14,17H2,1-6H3,(H2,34,35,36,37,38). The lowest BCUT2D eigenvalue weighted by Gasteiger charge is -2.37. The number of rotatable bonds is 11. The number of sulfone groups is 1. The molecule has 0 spiro atoms. The molecule has 2 aromatic heterocycles. The van der Waals surface area contributed by atoms with E-state index in [-0.39, 0.29) is 16.1 Å². The predicted molar refractivity (Wildman–Crippen MR) is 178 cm³/mol. The van der Waals surface area contributed by atoms with Crippen LogP contribution in [0.2, 0.25) is 0 Å². The molecule has 13 nitrogen and oxygen atoms in total. The van der Waals surface area contributed by atoms with Crippen LogP contribution in [-0.4, -0.2) is 78.7 Å². The number of aryl methyl sites for hydroxylation is 1. The highest BCUT2D eigenvalue weighted by atomic mass is 32.2. The van der Waals surface area contributed by atoms with Crippen molar-refractivity contribution in [2.45, 2.75) is 59.3 Å². The second kappa shape index (κ2) is 13.6. The van der Waals surface area contributed by atoms with Crippen molar-refractivity contribution in [3.05, 3.63) is 75.5 Å². The lowest BCUT2D eigenvalue weighted by molar-refractivity contribution is -0.387. The van der Waals surface area contributed by atoms with E-state index in [4.69, 9.17) is 9.72 Å². The lowest BCUT2D eigenvalue weighted by Crippen LogP contribution is -2.45. The van der Waals surface area contributed by atoms with Gasteiger partial charge >= 0.3 is 5.69 Å². The van der Waals surface area contributed by atoms with Gasteiger partial charge in [0, 0.05) is 42.5 Å². The van der Waals surface area contributed by atoms with Gasteiger partial charge in [0.05, 0.1) is 26.6 Å². The topological polar surface area (TPSA) is 159 Å². The number of nitrogens with zero attached hydrogens (tertiary/aromatic N) is 6. The molecule has 0 radical (unpaired) electrons. The van der Waals surface area contributed by atoms with E-state index in [9.17, 15) is 18.5 Å². The second-order valence-corrected chi connectivity index (χ2v) is 15.6. The SMILES string of the molecule is COc1c(Nc2cc(C)[nH]n2)nc(Sc2ccc(S(=O)(=O)C(C)(C)c3cccc([N+](=O)[O-])c3F)cc2F)nc1N1CCCC(N(C)C)C1. The van der Waals surface area contributed by atoms with E-state index in [2.05, 4.69) is 30.3 Å². The molecule has 1 fully saturated rings. The van der Waals surface area contributed by atoms with Gasteiger partial charge in [0.15, 0.2) is 32.4 Å². The molecule has 4 aromatic rings. The number of methoxy groups -OCH3 is 1. The molecule has 0 bridgehead atoms. The summed E-state index contributed by atoms with van der Waals surface area (Å²) in [7, 11) is 1.12. The Balaban J connectivity index is 1.51. The van der Waals surface area contributed by atoms with Crippen LogP contribution in [0.3, 0.4) is 0 Å². The Bertz CT molecular complexity index is 1950. The first-order valence-corrected chi connectivity index (χ1v) is 17.3. The Morgan fingerprint density at radius 3 is 2.56 bits per heavy atom. The first kappa shape index (κ1) is 35.0. The smallest absolute Gasteiger partial charge is 0.305 e. The van der Waals surface area contributed by atoms with E-state index in [0.717, 1.165) is 48.5 Å². The minimum atomic E-state index is -4.44. The minimum absolute atomic E-state index is 0.0378. The maximum absolute atomic E-state index is 15.7. The number of piperidine rings is 1. The molecule has 1 atom stereocenters. The first-order chi connectivity index (χ1) is 22.6. The average Bonchev–Trinajstić information content (AvgIpc) is 3.45. The zero-order chi connectivity index (χ0) is 35.0. The molecule has 48 heavy (non-hydrogen) atoms. The highest BCUT2D eigenvalue weighted by Gasteiger charge is 2.41. The zero-order valence-electron chi connectivity index (χ0n) is 27.2. The van der Waals surface area contributed by atoms with Crippen LogP contribution in [-0.2, 0) is 14.6 Å². The highest BCUT2D eigenvalue weighted by Crippen LogP contribution is 2.42. The Kier molecular flexibility index (Phi) is 9.94. The molecule has 1 unspecified atom stereocenters. The monoisotopic (exact) mass is 702 g/mol. The van der Waals surface area contributed by atoms with Gasteiger partial charge in [-0.25, -0.2) is 22.8 Å². The Hall–Kier alpha value is -4.35. The van der Waals surface area contributed by atoms with Crippen LogP contribution in [0, 0.1) is 28.7 Å². The fourth-order valence-corrected chi connectivity index (χ4v) is 7.82. The van der Waals surface area contributed by atoms with E-state index in [1.807, 2.05) is 21.0 Å². The largest absolute Gasteiger partial charge is 0.490 e. The van der Waals surface area contributed by atoms with E-state index < -0.39 is 47.3 Å². The van der Waals surface area contributed by atoms with Gasteiger partial charge in [0.25, 0.3) is 0 Å². The minimum Gasteiger partial charge on any atom is -0.490 e. The average molecular weight is 703 g/mol. The number of hydrogen-bond acceptors (Lipinski definition) is 12. The molecular weight excluding hydrogens is 667 g/mol. The van der Waals surface area contributed by atoms with Gasteiger partial charge in [0.1, 0.15) is 5.82 Å². The van der Waals surface area contributed by atoms with Gasteiger partial charge in [-0.2, -0.15) is 9.49 Å². The summed E-state index contributed by atoms with van der Waals surface area (Å²) in [5.74, 6) is -0.450. The summed E-state index contributed by atoms with van der Waals surface area (Å²) in [5.41, 5.74) is -0.444. The molecule has 2 N–H and O–H groups in total. The molecule has 5 rings (SSSR count). The highest BCUT2D eigenvalue weighted by molar-refractivity contribution is 7.99. The second-order valence-electron chi connectivity index (χ2n) is 12.1. The molecule has 1 aliphatic rings. The number of H-pyrrole nitrogens is 1. The Morgan fingerprint density at radius 1 is 1.19 bits per heavy atom. The fraction of sp³-hybridized carbons (Fsp3) is 0.387.